The zero-order valence-corrected chi connectivity index (χ0v) is 24.0. The molecule has 228 valence electrons. The van der Waals surface area contributed by atoms with E-state index in [1.54, 1.807) is 0 Å². The van der Waals surface area contributed by atoms with Crippen LogP contribution in [-0.2, 0) is 6.18 Å². The summed E-state index contributed by atoms with van der Waals surface area (Å²) in [6.07, 6.45) is -2.50. The summed E-state index contributed by atoms with van der Waals surface area (Å²) in [5.74, 6) is -1.84. The second-order valence-electron chi connectivity index (χ2n) is 11.7. The molecule has 2 aromatic heterocycles. The first-order valence-corrected chi connectivity index (χ1v) is 15.0. The molecule has 3 atom stereocenters. The topological polar surface area (TPSA) is 80.4 Å². The SMILES string of the molecule is C[C@@H]1CCCN1c1nc(OC[C@@]23CCCN2C[C@H](F)C3)nc2c(F)c(-c3ccc(F)c4sc(N)nc34)c(C(F)(F)F)cc12. The van der Waals surface area contributed by atoms with Crippen LogP contribution in [0.2, 0.25) is 0 Å². The molecule has 0 amide bonds. The number of anilines is 2. The van der Waals surface area contributed by atoms with Crippen molar-refractivity contribution in [3.05, 3.63) is 35.4 Å². The van der Waals surface area contributed by atoms with Gasteiger partial charge in [-0.15, -0.1) is 0 Å². The summed E-state index contributed by atoms with van der Waals surface area (Å²) in [5.41, 5.74) is 2.37. The average Bonchev–Trinajstić information content (AvgIpc) is 3.71. The molecule has 2 aromatic carbocycles. The summed E-state index contributed by atoms with van der Waals surface area (Å²) in [4.78, 5) is 16.7. The lowest BCUT2D eigenvalue weighted by Gasteiger charge is -2.31. The Hall–Kier alpha value is -3.39. The summed E-state index contributed by atoms with van der Waals surface area (Å²) in [7, 11) is 0. The number of thiazole rings is 1. The molecule has 0 saturated carbocycles. The highest BCUT2D eigenvalue weighted by Gasteiger charge is 2.49. The molecule has 0 bridgehead atoms. The minimum atomic E-state index is -4.98. The van der Waals surface area contributed by atoms with Crippen LogP contribution >= 0.6 is 11.3 Å². The number of ether oxygens (including phenoxy) is 1. The molecule has 7 rings (SSSR count). The van der Waals surface area contributed by atoms with Crippen molar-refractivity contribution in [2.75, 3.05) is 36.9 Å². The largest absolute Gasteiger partial charge is 0.461 e. The first-order valence-electron chi connectivity index (χ1n) is 14.2. The predicted octanol–water partition coefficient (Wildman–Crippen LogP) is 6.73. The zero-order valence-electron chi connectivity index (χ0n) is 23.1. The highest BCUT2D eigenvalue weighted by Crippen LogP contribution is 2.47. The minimum Gasteiger partial charge on any atom is -0.461 e. The van der Waals surface area contributed by atoms with Gasteiger partial charge in [-0.05, 0) is 57.4 Å². The molecule has 3 fully saturated rings. The van der Waals surface area contributed by atoms with Crippen LogP contribution in [0.4, 0.5) is 37.3 Å². The van der Waals surface area contributed by atoms with Gasteiger partial charge in [0.25, 0.3) is 0 Å². The molecule has 3 saturated heterocycles. The van der Waals surface area contributed by atoms with Crippen molar-refractivity contribution in [1.29, 1.82) is 0 Å². The molecule has 43 heavy (non-hydrogen) atoms. The Kier molecular flexibility index (Phi) is 6.65. The lowest BCUT2D eigenvalue weighted by Crippen LogP contribution is -2.43. The summed E-state index contributed by atoms with van der Waals surface area (Å²) in [5, 5.41) is -0.182. The molecule has 14 heteroatoms. The van der Waals surface area contributed by atoms with Gasteiger partial charge in [-0.2, -0.15) is 23.1 Å². The number of aromatic nitrogens is 3. The number of nitrogens with two attached hydrogens (primary N) is 1. The summed E-state index contributed by atoms with van der Waals surface area (Å²) >= 11 is 0.763. The van der Waals surface area contributed by atoms with E-state index in [0.29, 0.717) is 19.5 Å². The van der Waals surface area contributed by atoms with Gasteiger partial charge in [-0.25, -0.2) is 18.2 Å². The molecule has 0 unspecified atom stereocenters. The molecular formula is C29H28F6N6OS. The van der Waals surface area contributed by atoms with Crippen molar-refractivity contribution in [3.63, 3.8) is 0 Å². The van der Waals surface area contributed by atoms with Gasteiger partial charge < -0.3 is 15.4 Å². The third-order valence-electron chi connectivity index (χ3n) is 9.03. The molecule has 0 spiro atoms. The zero-order chi connectivity index (χ0) is 30.3. The van der Waals surface area contributed by atoms with E-state index >= 15 is 4.39 Å². The predicted molar refractivity (Wildman–Crippen MR) is 152 cm³/mol. The van der Waals surface area contributed by atoms with Crippen LogP contribution in [0.1, 0.15) is 44.6 Å². The maximum atomic E-state index is 16.7. The van der Waals surface area contributed by atoms with Crippen LogP contribution in [0.3, 0.4) is 0 Å². The highest BCUT2D eigenvalue weighted by atomic mass is 32.1. The number of nitrogen functional groups attached to an aromatic ring is 1. The molecule has 7 nitrogen and oxygen atoms in total. The van der Waals surface area contributed by atoms with Crippen molar-refractivity contribution in [2.24, 2.45) is 0 Å². The first kappa shape index (κ1) is 28.4. The first-order chi connectivity index (χ1) is 20.4. The fourth-order valence-corrected chi connectivity index (χ4v) is 7.81. The van der Waals surface area contributed by atoms with Gasteiger partial charge in [0.05, 0.1) is 21.3 Å². The fraction of sp³-hybridized carbons (Fsp3) is 0.483. The Bertz CT molecular complexity index is 1750. The number of rotatable bonds is 5. The maximum Gasteiger partial charge on any atom is 0.417 e. The number of benzene rings is 2. The average molecular weight is 623 g/mol. The van der Waals surface area contributed by atoms with E-state index in [1.165, 1.54) is 0 Å². The molecule has 5 heterocycles. The van der Waals surface area contributed by atoms with Crippen molar-refractivity contribution in [2.45, 2.75) is 63.0 Å². The summed E-state index contributed by atoms with van der Waals surface area (Å²) in [6, 6.07) is 2.63. The quantitative estimate of drug-likeness (QED) is 0.247. The van der Waals surface area contributed by atoms with Gasteiger partial charge in [0.15, 0.2) is 10.9 Å². The molecule has 4 aromatic rings. The minimum absolute atomic E-state index is 0.0659. The van der Waals surface area contributed by atoms with Gasteiger partial charge in [0, 0.05) is 42.1 Å². The van der Waals surface area contributed by atoms with E-state index < -0.39 is 40.6 Å². The number of halogens is 6. The van der Waals surface area contributed by atoms with E-state index in [9.17, 15) is 22.0 Å². The Morgan fingerprint density at radius 1 is 1.12 bits per heavy atom. The Morgan fingerprint density at radius 3 is 2.67 bits per heavy atom. The number of alkyl halides is 4. The van der Waals surface area contributed by atoms with Crippen LogP contribution in [0, 0.1) is 11.6 Å². The van der Waals surface area contributed by atoms with Crippen LogP contribution in [0.5, 0.6) is 6.01 Å². The number of fused-ring (bicyclic) bond motifs is 3. The lowest BCUT2D eigenvalue weighted by molar-refractivity contribution is -0.137. The Labute approximate surface area is 246 Å². The van der Waals surface area contributed by atoms with Gasteiger partial charge in [-0.1, -0.05) is 11.3 Å². The Balaban J connectivity index is 1.44. The number of hydrogen-bond donors (Lipinski definition) is 1. The van der Waals surface area contributed by atoms with E-state index in [4.69, 9.17) is 10.5 Å². The fourth-order valence-electron chi connectivity index (χ4n) is 7.05. The number of nitrogens with zero attached hydrogens (tertiary/aromatic N) is 5. The molecule has 2 N–H and O–H groups in total. The van der Waals surface area contributed by atoms with E-state index in [1.807, 2.05) is 11.8 Å². The van der Waals surface area contributed by atoms with Crippen LogP contribution in [-0.4, -0.2) is 63.8 Å². The van der Waals surface area contributed by atoms with Gasteiger partial charge in [-0.3, -0.25) is 4.90 Å². The molecule has 0 radical (unpaired) electrons. The van der Waals surface area contributed by atoms with Crippen molar-refractivity contribution in [1.82, 2.24) is 19.9 Å². The molecular weight excluding hydrogens is 594 g/mol. The standard InChI is InChI=1S/C29H28F6N6OS/c1-14-4-2-9-41(14)25-17-10-18(29(33,34)35)20(16-5-6-19(31)24-23(16)37-26(36)43-24)21(32)22(17)38-27(39-25)42-13-28-7-3-8-40(28)12-15(30)11-28/h5-6,10,14-15H,2-4,7-9,11-13H2,1H3,(H2,36,37)/t14-,15-,28+/m1/s1. The van der Waals surface area contributed by atoms with E-state index in [0.717, 1.165) is 61.8 Å². The maximum absolute atomic E-state index is 16.7. The highest BCUT2D eigenvalue weighted by molar-refractivity contribution is 7.22. The smallest absolute Gasteiger partial charge is 0.417 e. The van der Waals surface area contributed by atoms with Crippen LogP contribution < -0.4 is 15.4 Å². The van der Waals surface area contributed by atoms with E-state index in [-0.39, 0.29) is 56.3 Å². The number of hydrogen-bond acceptors (Lipinski definition) is 8. The normalized spacial score (nSPS) is 24.5. The molecule has 3 aliphatic heterocycles. The van der Waals surface area contributed by atoms with Crippen LogP contribution in [0.25, 0.3) is 32.2 Å². The molecule has 3 aliphatic rings. The van der Waals surface area contributed by atoms with Gasteiger partial charge in [0.2, 0.25) is 0 Å². The van der Waals surface area contributed by atoms with Crippen molar-refractivity contribution >= 4 is 43.4 Å². The third kappa shape index (κ3) is 4.64. The summed E-state index contributed by atoms with van der Waals surface area (Å²) in [6.45, 7) is 3.55. The van der Waals surface area contributed by atoms with Crippen molar-refractivity contribution < 1.29 is 31.1 Å². The lowest BCUT2D eigenvalue weighted by atomic mass is 9.95. The van der Waals surface area contributed by atoms with Gasteiger partial charge in [0.1, 0.15) is 29.9 Å². The van der Waals surface area contributed by atoms with E-state index in [2.05, 4.69) is 19.9 Å². The summed E-state index contributed by atoms with van der Waals surface area (Å²) < 4.78 is 95.5. The van der Waals surface area contributed by atoms with Crippen molar-refractivity contribution in [3.8, 4) is 17.1 Å². The second-order valence-corrected chi connectivity index (χ2v) is 12.7. The third-order valence-corrected chi connectivity index (χ3v) is 9.93. The Morgan fingerprint density at radius 2 is 1.93 bits per heavy atom. The molecule has 0 aliphatic carbocycles. The van der Waals surface area contributed by atoms with Crippen LogP contribution in [0.15, 0.2) is 18.2 Å². The van der Waals surface area contributed by atoms with Gasteiger partial charge >= 0.3 is 12.2 Å². The monoisotopic (exact) mass is 622 g/mol. The second kappa shape index (κ2) is 10.1.